The molecule has 0 aromatic carbocycles. The van der Waals surface area contributed by atoms with Gasteiger partial charge in [-0.3, -0.25) is 4.79 Å². The molecule has 0 N–H and O–H groups in total. The van der Waals surface area contributed by atoms with Gasteiger partial charge in [-0.05, 0) is 19.1 Å². The molecule has 0 aromatic rings. The van der Waals surface area contributed by atoms with Crippen molar-refractivity contribution in [3.63, 3.8) is 0 Å². The summed E-state index contributed by atoms with van der Waals surface area (Å²) in [5.41, 5.74) is -1.03. The first-order chi connectivity index (χ1) is 6.59. The summed E-state index contributed by atoms with van der Waals surface area (Å²) in [6, 6.07) is 0. The highest BCUT2D eigenvalue weighted by atomic mass is 17.2. The highest BCUT2D eigenvalue weighted by molar-refractivity contribution is 5.95. The summed E-state index contributed by atoms with van der Waals surface area (Å²) in [6.45, 7) is 1.67. The van der Waals surface area contributed by atoms with Crippen LogP contribution in [0.5, 0.6) is 0 Å². The second kappa shape index (κ2) is 2.87. The highest BCUT2D eigenvalue weighted by Gasteiger charge is 2.64. The Hall–Kier alpha value is -0.750. The summed E-state index contributed by atoms with van der Waals surface area (Å²) in [5.74, 6) is -1.68. The average molecular weight is 200 g/mol. The Morgan fingerprint density at radius 1 is 1.43 bits per heavy atom. The molecule has 0 aromatic heterocycles. The number of hydrogen-bond donors (Lipinski definition) is 0. The Balaban J connectivity index is 2.51. The standard InChI is InChI=1S/C9H12O5/c1-8-5-4-6(13-14-8)7(10)9(8,11-2)12-3/h4-6H,1-3H3/t6-,8+/m0/s1. The van der Waals surface area contributed by atoms with Crippen LogP contribution in [0, 0.1) is 0 Å². The Morgan fingerprint density at radius 3 is 2.36 bits per heavy atom. The third-order valence-corrected chi connectivity index (χ3v) is 2.73. The van der Waals surface area contributed by atoms with Crippen molar-refractivity contribution in [2.24, 2.45) is 0 Å². The van der Waals surface area contributed by atoms with Gasteiger partial charge < -0.3 is 9.47 Å². The quantitative estimate of drug-likeness (QED) is 0.362. The number of fused-ring (bicyclic) bond motifs is 2. The molecule has 0 saturated carbocycles. The van der Waals surface area contributed by atoms with Gasteiger partial charge in [0.2, 0.25) is 5.78 Å². The van der Waals surface area contributed by atoms with Crippen molar-refractivity contribution in [2.75, 3.05) is 14.2 Å². The third kappa shape index (κ3) is 0.899. The molecule has 2 atom stereocenters. The molecule has 0 unspecified atom stereocenters. The van der Waals surface area contributed by atoms with E-state index in [-0.39, 0.29) is 5.78 Å². The number of carbonyl (C=O) groups excluding carboxylic acids is 1. The van der Waals surface area contributed by atoms with E-state index in [0.717, 1.165) is 0 Å². The zero-order valence-electron chi connectivity index (χ0n) is 8.27. The maximum absolute atomic E-state index is 11.9. The number of rotatable bonds is 2. The molecule has 1 saturated heterocycles. The minimum Gasteiger partial charge on any atom is -0.344 e. The van der Waals surface area contributed by atoms with Crippen LogP contribution in [0.25, 0.3) is 0 Å². The molecule has 3 rings (SSSR count). The number of ether oxygens (including phenoxy) is 2. The van der Waals surface area contributed by atoms with Crippen molar-refractivity contribution in [3.05, 3.63) is 12.2 Å². The first-order valence-corrected chi connectivity index (χ1v) is 4.28. The van der Waals surface area contributed by atoms with E-state index in [4.69, 9.17) is 19.2 Å². The molecular formula is C9H12O5. The maximum Gasteiger partial charge on any atom is 0.268 e. The van der Waals surface area contributed by atoms with Crippen LogP contribution >= 0.6 is 0 Å². The van der Waals surface area contributed by atoms with Crippen LogP contribution in [0.3, 0.4) is 0 Å². The Kier molecular flexibility index (Phi) is 2.01. The predicted octanol–water partition coefficient (Wildman–Crippen LogP) is 0.203. The molecule has 3 aliphatic rings. The van der Waals surface area contributed by atoms with E-state index in [1.807, 2.05) is 0 Å². The molecule has 2 bridgehead atoms. The number of ketones is 1. The fourth-order valence-electron chi connectivity index (χ4n) is 1.90. The first-order valence-electron chi connectivity index (χ1n) is 4.28. The van der Waals surface area contributed by atoms with Crippen LogP contribution in [-0.2, 0) is 24.0 Å². The Labute approximate surface area is 81.5 Å². The molecule has 78 valence electrons. The lowest BCUT2D eigenvalue weighted by Gasteiger charge is -2.48. The van der Waals surface area contributed by atoms with Crippen molar-refractivity contribution in [3.8, 4) is 0 Å². The molecule has 1 aliphatic carbocycles. The number of hydrogen-bond acceptors (Lipinski definition) is 5. The van der Waals surface area contributed by atoms with Crippen molar-refractivity contribution >= 4 is 5.78 Å². The lowest BCUT2D eigenvalue weighted by molar-refractivity contribution is -0.439. The zero-order valence-corrected chi connectivity index (χ0v) is 8.27. The van der Waals surface area contributed by atoms with Crippen LogP contribution in [0.15, 0.2) is 12.2 Å². The molecule has 0 amide bonds. The molecular weight excluding hydrogens is 188 g/mol. The monoisotopic (exact) mass is 200 g/mol. The lowest BCUT2D eigenvalue weighted by atomic mass is 9.82. The van der Waals surface area contributed by atoms with Gasteiger partial charge in [-0.1, -0.05) is 0 Å². The van der Waals surface area contributed by atoms with Gasteiger partial charge in [-0.25, -0.2) is 9.78 Å². The van der Waals surface area contributed by atoms with E-state index in [2.05, 4.69) is 0 Å². The predicted molar refractivity (Wildman–Crippen MR) is 45.3 cm³/mol. The average Bonchev–Trinajstić information content (AvgIpc) is 2.20. The molecule has 0 spiro atoms. The summed E-state index contributed by atoms with van der Waals surface area (Å²) in [5, 5.41) is 0. The van der Waals surface area contributed by atoms with Gasteiger partial charge in [-0.2, -0.15) is 0 Å². The SMILES string of the molecule is COC1(OC)C(=O)[C@@H]2C=C[C@@]1(C)OO2. The number of carbonyl (C=O) groups is 1. The Bertz CT molecular complexity index is 294. The third-order valence-electron chi connectivity index (χ3n) is 2.73. The zero-order chi connectivity index (χ0) is 10.4. The van der Waals surface area contributed by atoms with Gasteiger partial charge in [0, 0.05) is 14.2 Å². The minimum absolute atomic E-state index is 0.279. The van der Waals surface area contributed by atoms with Crippen molar-refractivity contribution in [1.82, 2.24) is 0 Å². The van der Waals surface area contributed by atoms with E-state index in [1.165, 1.54) is 14.2 Å². The van der Waals surface area contributed by atoms with E-state index in [9.17, 15) is 4.79 Å². The van der Waals surface area contributed by atoms with Crippen molar-refractivity contribution in [1.29, 1.82) is 0 Å². The smallest absolute Gasteiger partial charge is 0.268 e. The van der Waals surface area contributed by atoms with Gasteiger partial charge in [0.15, 0.2) is 11.7 Å². The summed E-state index contributed by atoms with van der Waals surface area (Å²) in [6.07, 6.45) is 2.62. The van der Waals surface area contributed by atoms with Crippen molar-refractivity contribution in [2.45, 2.75) is 24.4 Å². The van der Waals surface area contributed by atoms with E-state index >= 15 is 0 Å². The number of Topliss-reactive ketones (excluding diaryl/α,β-unsaturated/α-hetero) is 1. The van der Waals surface area contributed by atoms with Gasteiger partial charge in [0.25, 0.3) is 5.79 Å². The van der Waals surface area contributed by atoms with Gasteiger partial charge in [-0.15, -0.1) is 0 Å². The van der Waals surface area contributed by atoms with Crippen molar-refractivity contribution < 1.29 is 24.0 Å². The minimum atomic E-state index is -1.40. The fraction of sp³-hybridized carbons (Fsp3) is 0.667. The second-order valence-electron chi connectivity index (χ2n) is 3.46. The Morgan fingerprint density at radius 2 is 2.07 bits per heavy atom. The van der Waals surface area contributed by atoms with Crippen LogP contribution in [0.2, 0.25) is 0 Å². The molecule has 2 heterocycles. The largest absolute Gasteiger partial charge is 0.344 e. The van der Waals surface area contributed by atoms with Crippen LogP contribution in [0.4, 0.5) is 0 Å². The first kappa shape index (κ1) is 9.79. The summed E-state index contributed by atoms with van der Waals surface area (Å²) in [7, 11) is 2.81. The second-order valence-corrected chi connectivity index (χ2v) is 3.46. The van der Waals surface area contributed by atoms with E-state index in [1.54, 1.807) is 19.1 Å². The van der Waals surface area contributed by atoms with E-state index in [0.29, 0.717) is 0 Å². The topological polar surface area (TPSA) is 54.0 Å². The normalized spacial score (nSPS) is 39.1. The van der Waals surface area contributed by atoms with Crippen LogP contribution < -0.4 is 0 Å². The molecule has 1 fully saturated rings. The molecule has 14 heavy (non-hydrogen) atoms. The summed E-state index contributed by atoms with van der Waals surface area (Å²) in [4.78, 5) is 21.8. The maximum atomic E-state index is 11.9. The molecule has 2 aliphatic heterocycles. The summed E-state index contributed by atoms with van der Waals surface area (Å²) < 4.78 is 10.3. The van der Waals surface area contributed by atoms with Gasteiger partial charge in [0.05, 0.1) is 0 Å². The molecule has 5 nitrogen and oxygen atoms in total. The number of methoxy groups -OCH3 is 2. The lowest BCUT2D eigenvalue weighted by Crippen LogP contribution is -2.69. The van der Waals surface area contributed by atoms with E-state index < -0.39 is 17.5 Å². The molecule has 0 radical (unpaired) electrons. The summed E-state index contributed by atoms with van der Waals surface area (Å²) >= 11 is 0. The fourth-order valence-corrected chi connectivity index (χ4v) is 1.90. The van der Waals surface area contributed by atoms with Gasteiger partial charge in [0.1, 0.15) is 0 Å². The van der Waals surface area contributed by atoms with Crippen LogP contribution in [-0.4, -0.2) is 37.5 Å². The molecule has 5 heteroatoms. The highest BCUT2D eigenvalue weighted by Crippen LogP contribution is 2.42. The van der Waals surface area contributed by atoms with Crippen LogP contribution in [0.1, 0.15) is 6.92 Å². The van der Waals surface area contributed by atoms with Gasteiger partial charge >= 0.3 is 0 Å².